The van der Waals surface area contributed by atoms with Crippen LogP contribution in [0.25, 0.3) is 0 Å². The van der Waals surface area contributed by atoms with Crippen molar-refractivity contribution in [3.63, 3.8) is 0 Å². The number of rotatable bonds is 6. The van der Waals surface area contributed by atoms with E-state index < -0.39 is 0 Å². The zero-order valence-electron chi connectivity index (χ0n) is 16.4. The van der Waals surface area contributed by atoms with Gasteiger partial charge in [0.2, 0.25) is 11.8 Å². The molecule has 2 aliphatic heterocycles. The van der Waals surface area contributed by atoms with Gasteiger partial charge in [-0.05, 0) is 30.5 Å². The summed E-state index contributed by atoms with van der Waals surface area (Å²) in [4.78, 5) is 33.5. The zero-order chi connectivity index (χ0) is 19.4. The quantitative estimate of drug-likeness (QED) is 0.795. The number of carbonyl (C=O) groups is 2. The van der Waals surface area contributed by atoms with Crippen LogP contribution in [-0.2, 0) is 20.9 Å². The van der Waals surface area contributed by atoms with Gasteiger partial charge >= 0.3 is 0 Å². The summed E-state index contributed by atoms with van der Waals surface area (Å²) in [5.74, 6) is -0.177. The maximum absolute atomic E-state index is 12.8. The van der Waals surface area contributed by atoms with Crippen LogP contribution in [0.4, 0.5) is 0 Å². The van der Waals surface area contributed by atoms with Gasteiger partial charge in [0.05, 0.1) is 19.1 Å². The first-order valence-electron chi connectivity index (χ1n) is 10.4. The van der Waals surface area contributed by atoms with Gasteiger partial charge in [0.25, 0.3) is 0 Å². The molecule has 0 aromatic carbocycles. The number of hydrogen-bond acceptors (Lipinski definition) is 5. The van der Waals surface area contributed by atoms with Gasteiger partial charge in [-0.15, -0.1) is 0 Å². The first-order chi connectivity index (χ1) is 13.7. The molecule has 2 saturated heterocycles. The van der Waals surface area contributed by atoms with Crippen molar-refractivity contribution in [1.29, 1.82) is 0 Å². The highest BCUT2D eigenvalue weighted by Crippen LogP contribution is 2.35. The third-order valence-electron chi connectivity index (χ3n) is 6.52. The molecule has 3 fully saturated rings. The second-order valence-electron chi connectivity index (χ2n) is 8.28. The van der Waals surface area contributed by atoms with Gasteiger partial charge in [0, 0.05) is 57.1 Å². The van der Waals surface area contributed by atoms with Gasteiger partial charge in [-0.25, -0.2) is 0 Å². The van der Waals surface area contributed by atoms with Crippen molar-refractivity contribution < 1.29 is 14.3 Å². The van der Waals surface area contributed by atoms with Crippen LogP contribution in [0.5, 0.6) is 0 Å². The van der Waals surface area contributed by atoms with E-state index in [4.69, 9.17) is 4.74 Å². The van der Waals surface area contributed by atoms with E-state index in [2.05, 4.69) is 15.2 Å². The van der Waals surface area contributed by atoms with E-state index in [9.17, 15) is 9.59 Å². The van der Waals surface area contributed by atoms with Crippen molar-refractivity contribution in [3.8, 4) is 0 Å². The third-order valence-corrected chi connectivity index (χ3v) is 6.52. The van der Waals surface area contributed by atoms with Crippen molar-refractivity contribution in [2.75, 3.05) is 39.4 Å². The molecule has 1 aliphatic carbocycles. The first-order valence-corrected chi connectivity index (χ1v) is 10.4. The molecule has 3 heterocycles. The van der Waals surface area contributed by atoms with Crippen molar-refractivity contribution >= 4 is 11.8 Å². The highest BCUT2D eigenvalue weighted by molar-refractivity contribution is 5.89. The Bertz CT molecular complexity index is 684. The molecule has 1 N–H and O–H groups in total. The minimum atomic E-state index is -0.252. The largest absolute Gasteiger partial charge is 0.379 e. The van der Waals surface area contributed by atoms with Crippen molar-refractivity contribution in [1.82, 2.24) is 20.1 Å². The molecule has 0 bridgehead atoms. The Labute approximate surface area is 166 Å². The summed E-state index contributed by atoms with van der Waals surface area (Å²) in [5.41, 5.74) is 1.11. The Hall–Kier alpha value is -1.99. The van der Waals surface area contributed by atoms with Crippen LogP contribution in [0.3, 0.4) is 0 Å². The Balaban J connectivity index is 1.32. The molecular weight excluding hydrogens is 356 g/mol. The molecule has 1 aromatic rings. The number of carbonyl (C=O) groups excluding carboxylic acids is 2. The van der Waals surface area contributed by atoms with Crippen LogP contribution in [0.1, 0.15) is 37.7 Å². The Morgan fingerprint density at radius 2 is 1.93 bits per heavy atom. The zero-order valence-corrected chi connectivity index (χ0v) is 16.4. The topological polar surface area (TPSA) is 74.8 Å². The molecule has 7 heteroatoms. The molecule has 7 nitrogen and oxygen atoms in total. The van der Waals surface area contributed by atoms with Crippen LogP contribution in [0.15, 0.2) is 24.5 Å². The molecule has 0 radical (unpaired) electrons. The molecule has 1 aromatic heterocycles. The fraction of sp³-hybridized carbons (Fsp3) is 0.667. The number of amides is 2. The smallest absolute Gasteiger partial charge is 0.225 e. The molecule has 0 unspecified atom stereocenters. The van der Waals surface area contributed by atoms with Gasteiger partial charge in [-0.2, -0.15) is 0 Å². The fourth-order valence-corrected chi connectivity index (χ4v) is 4.88. The number of pyridine rings is 1. The van der Waals surface area contributed by atoms with Gasteiger partial charge in [-0.3, -0.25) is 19.5 Å². The summed E-state index contributed by atoms with van der Waals surface area (Å²) in [6.45, 7) is 5.16. The number of aromatic nitrogens is 1. The molecule has 4 rings (SSSR count). The Kier molecular flexibility index (Phi) is 5.92. The maximum Gasteiger partial charge on any atom is 0.225 e. The summed E-state index contributed by atoms with van der Waals surface area (Å²) in [7, 11) is 0. The van der Waals surface area contributed by atoms with Crippen molar-refractivity contribution in [2.45, 2.75) is 44.2 Å². The molecule has 2 amide bonds. The number of nitrogens with zero attached hydrogens (tertiary/aromatic N) is 3. The minimum Gasteiger partial charge on any atom is -0.379 e. The molecule has 152 valence electrons. The predicted molar refractivity (Wildman–Crippen MR) is 104 cm³/mol. The highest BCUT2D eigenvalue weighted by Gasteiger charge is 2.41. The van der Waals surface area contributed by atoms with E-state index in [1.165, 1.54) is 12.8 Å². The van der Waals surface area contributed by atoms with E-state index in [-0.39, 0.29) is 23.3 Å². The Morgan fingerprint density at radius 3 is 2.64 bits per heavy atom. The lowest BCUT2D eigenvalue weighted by Crippen LogP contribution is -2.57. The Morgan fingerprint density at radius 1 is 1.21 bits per heavy atom. The van der Waals surface area contributed by atoms with E-state index >= 15 is 0 Å². The summed E-state index contributed by atoms with van der Waals surface area (Å²) >= 11 is 0. The van der Waals surface area contributed by atoms with Crippen molar-refractivity contribution in [2.24, 2.45) is 5.92 Å². The maximum atomic E-state index is 12.8. The van der Waals surface area contributed by atoms with Gasteiger partial charge in [0.15, 0.2) is 0 Å². The van der Waals surface area contributed by atoms with E-state index in [0.717, 1.165) is 44.7 Å². The van der Waals surface area contributed by atoms with Crippen LogP contribution >= 0.6 is 0 Å². The fourth-order valence-electron chi connectivity index (χ4n) is 4.88. The van der Waals surface area contributed by atoms with Crippen LogP contribution in [0.2, 0.25) is 0 Å². The number of nitrogens with one attached hydrogen (secondary N) is 1. The lowest BCUT2D eigenvalue weighted by molar-refractivity contribution is -0.129. The lowest BCUT2D eigenvalue weighted by Gasteiger charge is -2.43. The molecule has 3 aliphatic rings. The first kappa shape index (κ1) is 19.3. The number of hydrogen-bond donors (Lipinski definition) is 1. The number of likely N-dealkylation sites (tertiary alicyclic amines) is 1. The average Bonchev–Trinajstić information content (AvgIpc) is 3.36. The second-order valence-corrected chi connectivity index (χ2v) is 8.28. The van der Waals surface area contributed by atoms with E-state index in [1.54, 1.807) is 17.3 Å². The standard InChI is InChI=1S/C21H30N4O3/c26-19-13-18(15-24(19)14-17-3-7-22-8-4-17)20(27)23-16-21(5-1-2-6-21)25-9-11-28-12-10-25/h3-4,7-8,18H,1-2,5-6,9-16H2,(H,23,27)/t18-/m1/s1. The third kappa shape index (κ3) is 4.20. The lowest BCUT2D eigenvalue weighted by atomic mass is 9.93. The average molecular weight is 386 g/mol. The minimum absolute atomic E-state index is 0.0186. The van der Waals surface area contributed by atoms with E-state index in [1.807, 2.05) is 12.1 Å². The monoisotopic (exact) mass is 386 g/mol. The van der Waals surface area contributed by atoms with Crippen molar-refractivity contribution in [3.05, 3.63) is 30.1 Å². The van der Waals surface area contributed by atoms with Gasteiger partial charge < -0.3 is 15.0 Å². The van der Waals surface area contributed by atoms with Crippen LogP contribution in [-0.4, -0.2) is 71.5 Å². The molecular formula is C21H30N4O3. The normalized spacial score (nSPS) is 25.2. The molecule has 0 spiro atoms. The number of morpholine rings is 1. The van der Waals surface area contributed by atoms with Crippen LogP contribution < -0.4 is 5.32 Å². The van der Waals surface area contributed by atoms with Crippen LogP contribution in [0, 0.1) is 5.92 Å². The second kappa shape index (κ2) is 8.57. The summed E-state index contributed by atoms with van der Waals surface area (Å²) in [5, 5.41) is 3.20. The van der Waals surface area contributed by atoms with E-state index in [0.29, 0.717) is 26.1 Å². The van der Waals surface area contributed by atoms with Gasteiger partial charge in [0.1, 0.15) is 0 Å². The molecule has 1 saturated carbocycles. The molecule has 1 atom stereocenters. The summed E-state index contributed by atoms with van der Waals surface area (Å²) < 4.78 is 5.51. The highest BCUT2D eigenvalue weighted by atomic mass is 16.5. The summed E-state index contributed by atoms with van der Waals surface area (Å²) in [6.07, 6.45) is 8.46. The number of ether oxygens (including phenoxy) is 1. The SMILES string of the molecule is O=C(NCC1(N2CCOCC2)CCCC1)[C@@H]1CC(=O)N(Cc2ccncc2)C1. The molecule has 28 heavy (non-hydrogen) atoms. The summed E-state index contributed by atoms with van der Waals surface area (Å²) in [6, 6.07) is 3.82. The predicted octanol–water partition coefficient (Wildman–Crippen LogP) is 1.19. The van der Waals surface area contributed by atoms with Gasteiger partial charge in [-0.1, -0.05) is 12.8 Å².